The quantitative estimate of drug-likeness (QED) is 0.620. The summed E-state index contributed by atoms with van der Waals surface area (Å²) in [5.41, 5.74) is 0.755. The molecule has 0 fully saturated rings. The van der Waals surface area contributed by atoms with Gasteiger partial charge >= 0.3 is 0 Å². The van der Waals surface area contributed by atoms with E-state index in [0.717, 1.165) is 5.56 Å². The molecule has 0 aliphatic carbocycles. The number of benzene rings is 3. The maximum absolute atomic E-state index is 12.5. The van der Waals surface area contributed by atoms with Crippen molar-refractivity contribution in [2.75, 3.05) is 14.2 Å². The normalized spacial score (nSPS) is 11.1. The van der Waals surface area contributed by atoms with Gasteiger partial charge in [-0.25, -0.2) is 13.1 Å². The Bertz CT molecular complexity index is 1020. The SMILES string of the molecule is COc1ccc(CNS(=O)(=O)c2ccc(Oc3ccccc3)cc2)cc1OC. The molecule has 0 aliphatic rings. The lowest BCUT2D eigenvalue weighted by Gasteiger charge is -2.11. The number of hydrogen-bond acceptors (Lipinski definition) is 5. The number of rotatable bonds is 8. The molecule has 0 radical (unpaired) electrons. The van der Waals surface area contributed by atoms with E-state index in [1.807, 2.05) is 30.3 Å². The van der Waals surface area contributed by atoms with Crippen molar-refractivity contribution >= 4 is 10.0 Å². The van der Waals surface area contributed by atoms with Gasteiger partial charge in [-0.3, -0.25) is 0 Å². The van der Waals surface area contributed by atoms with Gasteiger partial charge in [0.15, 0.2) is 11.5 Å². The molecule has 1 N–H and O–H groups in total. The second kappa shape index (κ2) is 8.77. The van der Waals surface area contributed by atoms with Gasteiger partial charge in [0.2, 0.25) is 10.0 Å². The first-order valence-electron chi connectivity index (χ1n) is 8.55. The predicted octanol–water partition coefficient (Wildman–Crippen LogP) is 3.97. The monoisotopic (exact) mass is 399 g/mol. The lowest BCUT2D eigenvalue weighted by Crippen LogP contribution is -2.23. The Labute approximate surface area is 164 Å². The summed E-state index contributed by atoms with van der Waals surface area (Å²) >= 11 is 0. The number of nitrogens with one attached hydrogen (secondary N) is 1. The van der Waals surface area contributed by atoms with Gasteiger partial charge in [0, 0.05) is 6.54 Å². The van der Waals surface area contributed by atoms with Crippen LogP contribution in [0, 0.1) is 0 Å². The molecule has 146 valence electrons. The lowest BCUT2D eigenvalue weighted by atomic mass is 10.2. The topological polar surface area (TPSA) is 73.9 Å². The summed E-state index contributed by atoms with van der Waals surface area (Å²) in [5.74, 6) is 2.37. The minimum Gasteiger partial charge on any atom is -0.493 e. The Hall–Kier alpha value is -3.03. The molecule has 0 bridgehead atoms. The van der Waals surface area contributed by atoms with Crippen LogP contribution in [0.4, 0.5) is 0 Å². The molecule has 0 saturated heterocycles. The molecule has 3 aromatic carbocycles. The van der Waals surface area contributed by atoms with Crippen molar-refractivity contribution in [1.82, 2.24) is 4.72 Å². The largest absolute Gasteiger partial charge is 0.493 e. The summed E-state index contributed by atoms with van der Waals surface area (Å²) in [5, 5.41) is 0. The Balaban J connectivity index is 1.67. The highest BCUT2D eigenvalue weighted by Crippen LogP contribution is 2.28. The molecule has 0 heterocycles. The van der Waals surface area contributed by atoms with E-state index in [-0.39, 0.29) is 11.4 Å². The number of ether oxygens (including phenoxy) is 3. The van der Waals surface area contributed by atoms with Crippen LogP contribution in [0.3, 0.4) is 0 Å². The molecule has 3 aromatic rings. The molecule has 0 aliphatic heterocycles. The number of methoxy groups -OCH3 is 2. The molecule has 3 rings (SSSR count). The van der Waals surface area contributed by atoms with Crippen molar-refractivity contribution in [2.45, 2.75) is 11.4 Å². The fraction of sp³-hybridized carbons (Fsp3) is 0.143. The van der Waals surface area contributed by atoms with Crippen LogP contribution in [0.1, 0.15) is 5.56 Å². The zero-order valence-electron chi connectivity index (χ0n) is 15.6. The van der Waals surface area contributed by atoms with Crippen molar-refractivity contribution in [1.29, 1.82) is 0 Å². The van der Waals surface area contributed by atoms with Crippen LogP contribution in [0.5, 0.6) is 23.0 Å². The second-order valence-electron chi connectivity index (χ2n) is 5.90. The van der Waals surface area contributed by atoms with Crippen LogP contribution in [-0.4, -0.2) is 22.6 Å². The van der Waals surface area contributed by atoms with E-state index >= 15 is 0 Å². The van der Waals surface area contributed by atoms with Gasteiger partial charge in [0.25, 0.3) is 0 Å². The third-order valence-corrected chi connectivity index (χ3v) is 5.44. The molecule has 6 nitrogen and oxygen atoms in total. The highest BCUT2D eigenvalue weighted by atomic mass is 32.2. The van der Waals surface area contributed by atoms with E-state index in [2.05, 4.69) is 4.72 Å². The van der Waals surface area contributed by atoms with Gasteiger partial charge in [-0.2, -0.15) is 0 Å². The van der Waals surface area contributed by atoms with Gasteiger partial charge in [-0.1, -0.05) is 24.3 Å². The lowest BCUT2D eigenvalue weighted by molar-refractivity contribution is 0.354. The standard InChI is InChI=1S/C21H21NO5S/c1-25-20-13-8-16(14-21(20)26-2)15-22-28(23,24)19-11-9-18(10-12-19)27-17-6-4-3-5-7-17/h3-14,22H,15H2,1-2H3. The molecule has 0 unspecified atom stereocenters. The predicted molar refractivity (Wildman–Crippen MR) is 107 cm³/mol. The van der Waals surface area contributed by atoms with Crippen LogP contribution in [-0.2, 0) is 16.6 Å². The summed E-state index contributed by atoms with van der Waals surface area (Å²) < 4.78 is 43.8. The Morgan fingerprint density at radius 3 is 2.07 bits per heavy atom. The first kappa shape index (κ1) is 19.7. The molecule has 28 heavy (non-hydrogen) atoms. The molecular weight excluding hydrogens is 378 g/mol. The molecule has 0 aromatic heterocycles. The van der Waals surface area contributed by atoms with Crippen LogP contribution in [0.15, 0.2) is 77.7 Å². The Morgan fingerprint density at radius 1 is 0.786 bits per heavy atom. The van der Waals surface area contributed by atoms with Crippen LogP contribution in [0.2, 0.25) is 0 Å². The summed E-state index contributed by atoms with van der Waals surface area (Å²) in [6.45, 7) is 0.130. The van der Waals surface area contributed by atoms with E-state index in [1.165, 1.54) is 19.2 Å². The number of sulfonamides is 1. The zero-order valence-corrected chi connectivity index (χ0v) is 16.4. The van der Waals surface area contributed by atoms with E-state index in [1.54, 1.807) is 37.4 Å². The van der Waals surface area contributed by atoms with Gasteiger partial charge in [-0.05, 0) is 54.1 Å². The highest BCUT2D eigenvalue weighted by Gasteiger charge is 2.14. The number of para-hydroxylation sites is 1. The van der Waals surface area contributed by atoms with Crippen molar-refractivity contribution in [2.24, 2.45) is 0 Å². The Morgan fingerprint density at radius 2 is 1.43 bits per heavy atom. The van der Waals surface area contributed by atoms with Crippen molar-refractivity contribution in [3.05, 3.63) is 78.4 Å². The summed E-state index contributed by atoms with van der Waals surface area (Å²) in [6.07, 6.45) is 0. The maximum atomic E-state index is 12.5. The fourth-order valence-electron chi connectivity index (χ4n) is 2.56. The molecular formula is C21H21NO5S. The average molecular weight is 399 g/mol. The first-order chi connectivity index (χ1) is 13.5. The molecule has 0 amide bonds. The van der Waals surface area contributed by atoms with Gasteiger partial charge < -0.3 is 14.2 Å². The van der Waals surface area contributed by atoms with Crippen molar-refractivity contribution in [3.8, 4) is 23.0 Å². The smallest absolute Gasteiger partial charge is 0.240 e. The van der Waals surface area contributed by atoms with E-state index in [0.29, 0.717) is 23.0 Å². The van der Waals surface area contributed by atoms with Crippen molar-refractivity contribution < 1.29 is 22.6 Å². The van der Waals surface area contributed by atoms with Gasteiger partial charge in [0.1, 0.15) is 11.5 Å². The molecule has 0 atom stereocenters. The first-order valence-corrected chi connectivity index (χ1v) is 10.0. The van der Waals surface area contributed by atoms with E-state index in [4.69, 9.17) is 14.2 Å². The third kappa shape index (κ3) is 4.82. The summed E-state index contributed by atoms with van der Waals surface area (Å²) in [7, 11) is -0.581. The van der Waals surface area contributed by atoms with Gasteiger partial charge in [0.05, 0.1) is 19.1 Å². The van der Waals surface area contributed by atoms with Crippen LogP contribution >= 0.6 is 0 Å². The average Bonchev–Trinajstić information content (AvgIpc) is 2.73. The van der Waals surface area contributed by atoms with E-state index in [9.17, 15) is 8.42 Å². The highest BCUT2D eigenvalue weighted by molar-refractivity contribution is 7.89. The summed E-state index contributed by atoms with van der Waals surface area (Å²) in [6, 6.07) is 20.8. The minimum atomic E-state index is -3.66. The van der Waals surface area contributed by atoms with Crippen LogP contribution < -0.4 is 18.9 Å². The molecule has 0 saturated carbocycles. The number of hydrogen-bond donors (Lipinski definition) is 1. The minimum absolute atomic E-state index is 0.130. The molecule has 7 heteroatoms. The second-order valence-corrected chi connectivity index (χ2v) is 7.67. The van der Waals surface area contributed by atoms with Crippen molar-refractivity contribution in [3.63, 3.8) is 0 Å². The Kier molecular flexibility index (Phi) is 6.18. The third-order valence-electron chi connectivity index (χ3n) is 4.03. The van der Waals surface area contributed by atoms with E-state index < -0.39 is 10.0 Å². The van der Waals surface area contributed by atoms with Gasteiger partial charge in [-0.15, -0.1) is 0 Å². The molecule has 0 spiro atoms. The summed E-state index contributed by atoms with van der Waals surface area (Å²) in [4.78, 5) is 0.161. The zero-order chi connectivity index (χ0) is 20.0. The maximum Gasteiger partial charge on any atom is 0.240 e. The fourth-order valence-corrected chi connectivity index (χ4v) is 3.58. The van der Waals surface area contributed by atoms with Crippen LogP contribution in [0.25, 0.3) is 0 Å².